The van der Waals surface area contributed by atoms with E-state index in [4.69, 9.17) is 40.3 Å². The number of carbonyl (C=O) groups is 1. The van der Waals surface area contributed by atoms with Gasteiger partial charge in [0.1, 0.15) is 28.4 Å². The molecule has 1 aliphatic rings. The van der Waals surface area contributed by atoms with E-state index in [0.29, 0.717) is 94.9 Å². The molecule has 0 bridgehead atoms. The number of nitrogens with zero attached hydrogens (tertiary/aromatic N) is 7. The largest absolute Gasteiger partial charge is 0.456 e. The number of carbonyl (C=O) groups excluding carboxylic acids is 1. The third kappa shape index (κ3) is 14.9. The van der Waals surface area contributed by atoms with Crippen molar-refractivity contribution in [2.75, 3.05) is 0 Å². The van der Waals surface area contributed by atoms with Crippen molar-refractivity contribution in [3.05, 3.63) is 502 Å². The zero-order valence-corrected chi connectivity index (χ0v) is 68.2. The van der Waals surface area contributed by atoms with Crippen LogP contribution in [0, 0.1) is 17.9 Å². The summed E-state index contributed by atoms with van der Waals surface area (Å²) < 4.78 is 12.2. The first-order valence-electron chi connectivity index (χ1n) is 41.6. The Morgan fingerprint density at radius 2 is 0.622 bits per heavy atom. The Hall–Kier alpha value is -17.6. The van der Waals surface area contributed by atoms with Crippen molar-refractivity contribution in [3.8, 4) is 130 Å². The topological polar surface area (TPSA) is 170 Å². The van der Waals surface area contributed by atoms with Gasteiger partial charge < -0.3 is 8.83 Å². The summed E-state index contributed by atoms with van der Waals surface area (Å²) in [5.41, 5.74) is 24.6. The molecule has 0 N–H and O–H groups in total. The van der Waals surface area contributed by atoms with Gasteiger partial charge in [0.2, 0.25) is 16.5 Å². The number of ketones is 1. The molecule has 0 amide bonds. The first-order valence-corrected chi connectivity index (χ1v) is 41.6. The van der Waals surface area contributed by atoms with Crippen molar-refractivity contribution >= 4 is 55.3 Å². The summed E-state index contributed by atoms with van der Waals surface area (Å²) in [7, 11) is 0. The van der Waals surface area contributed by atoms with Crippen LogP contribution < -0.4 is 10.9 Å². The molecule has 0 unspecified atom stereocenters. The van der Waals surface area contributed by atoms with E-state index < -0.39 is 5.41 Å². The van der Waals surface area contributed by atoms with E-state index >= 15 is 0 Å². The van der Waals surface area contributed by atoms with E-state index in [0.717, 1.165) is 117 Å². The summed E-state index contributed by atoms with van der Waals surface area (Å²) in [5, 5.41) is 13.0. The summed E-state index contributed by atoms with van der Waals surface area (Å²) in [6, 6.07) is 143. The van der Waals surface area contributed by atoms with Crippen molar-refractivity contribution in [3.63, 3.8) is 0 Å². The average molecular weight is 1630 g/mol. The van der Waals surface area contributed by atoms with E-state index in [-0.39, 0.29) is 16.6 Å². The predicted molar refractivity (Wildman–Crippen MR) is 508 cm³/mol. The smallest absolute Gasteiger partial charge is 0.221 e. The molecule has 5 aromatic heterocycles. The van der Waals surface area contributed by atoms with E-state index in [2.05, 4.69) is 108 Å². The molecule has 0 fully saturated rings. The van der Waals surface area contributed by atoms with Crippen LogP contribution in [0.5, 0.6) is 0 Å². The van der Waals surface area contributed by atoms with Crippen LogP contribution in [0.25, 0.3) is 172 Å². The Morgan fingerprint density at radius 1 is 0.276 bits per heavy atom. The molecular formula is C115H71N7O5. The molecule has 16 aromatic carbocycles. The van der Waals surface area contributed by atoms with Crippen molar-refractivity contribution in [2.45, 2.75) is 5.41 Å². The van der Waals surface area contributed by atoms with Gasteiger partial charge in [0.05, 0.1) is 73.3 Å². The van der Waals surface area contributed by atoms with Gasteiger partial charge in [-0.2, -0.15) is 5.26 Å². The molecule has 0 spiro atoms. The lowest BCUT2D eigenvalue weighted by atomic mass is 9.59. The molecular weight excluding hydrogens is 1560 g/mol. The molecule has 0 atom stereocenters. The highest BCUT2D eigenvalue weighted by Crippen LogP contribution is 2.52. The van der Waals surface area contributed by atoms with Crippen molar-refractivity contribution in [1.82, 2.24) is 24.9 Å². The van der Waals surface area contributed by atoms with Gasteiger partial charge in [-0.3, -0.25) is 19.4 Å². The third-order valence-electron chi connectivity index (χ3n) is 23.3. The highest BCUT2D eigenvalue weighted by atomic mass is 16.3. The van der Waals surface area contributed by atoms with Crippen LogP contribution in [0.15, 0.2) is 449 Å². The second-order valence-corrected chi connectivity index (χ2v) is 30.8. The standard InChI is InChI=1S/C45H27N3O.2C35H22N2O2/c1-47-43-40(37(29-46)41(31-15-5-2-6-16-31)48-42(43)32-17-7-3-8-18-32)30-25-27-34(28-26-30)45(33-19-9-4-10-20-33)38-23-13-11-21-35(38)44(49)36-22-12-14-24-39(36)45;38-34-28-17-9-10-18-32(28)39-33-21-25(19-20-29(33)34)26-15-7-8-16-27(26)31-22-30(23-11-3-1-4-12-23)36-35(37-31)24-13-5-2-6-14-24;38-34-28-13-7-8-14-32(28)39-33-21-27(19-20-29(33)34)23-15-17-25(18-16-23)31-22-30(24-9-3-1-4-10-24)36-35(37-31)26-11-5-2-6-12-26/h2-28H;2*1-22H. The maximum Gasteiger partial charge on any atom is 0.221 e. The second kappa shape index (κ2) is 34.1. The summed E-state index contributed by atoms with van der Waals surface area (Å²) in [6.07, 6.45) is 0. The lowest BCUT2D eigenvalue weighted by Gasteiger charge is -2.41. The summed E-state index contributed by atoms with van der Waals surface area (Å²) in [5.74, 6) is 1.36. The normalized spacial score (nSPS) is 11.7. The maximum atomic E-state index is 13.9. The zero-order valence-electron chi connectivity index (χ0n) is 68.2. The Morgan fingerprint density at radius 3 is 1.11 bits per heavy atom. The number of hydrogen-bond acceptors (Lipinski definition) is 11. The van der Waals surface area contributed by atoms with Gasteiger partial charge in [-0.1, -0.05) is 370 Å². The molecule has 5 heterocycles. The average Bonchev–Trinajstić information content (AvgIpc) is 0.698. The Balaban J connectivity index is 0.000000121. The fraction of sp³-hybridized carbons (Fsp3) is 0.00870. The van der Waals surface area contributed by atoms with Gasteiger partial charge in [0, 0.05) is 55.6 Å². The van der Waals surface area contributed by atoms with Crippen LogP contribution in [-0.2, 0) is 5.41 Å². The highest BCUT2D eigenvalue weighted by molar-refractivity contribution is 6.14. The molecule has 12 nitrogen and oxygen atoms in total. The maximum absolute atomic E-state index is 13.9. The Bertz CT molecular complexity index is 7760. The Kier molecular flexibility index (Phi) is 21.0. The van der Waals surface area contributed by atoms with Crippen LogP contribution in [0.3, 0.4) is 0 Å². The second-order valence-electron chi connectivity index (χ2n) is 30.8. The van der Waals surface area contributed by atoms with Gasteiger partial charge in [0.15, 0.2) is 17.4 Å². The summed E-state index contributed by atoms with van der Waals surface area (Å²) >= 11 is 0. The van der Waals surface area contributed by atoms with E-state index in [1.165, 1.54) is 0 Å². The minimum atomic E-state index is -0.787. The fourth-order valence-corrected chi connectivity index (χ4v) is 17.2. The van der Waals surface area contributed by atoms with Crippen LogP contribution in [0.4, 0.5) is 5.69 Å². The number of para-hydroxylation sites is 2. The molecule has 22 rings (SSSR count). The summed E-state index contributed by atoms with van der Waals surface area (Å²) in [4.78, 5) is 68.6. The third-order valence-corrected chi connectivity index (χ3v) is 23.3. The number of hydrogen-bond donors (Lipinski definition) is 0. The minimum Gasteiger partial charge on any atom is -0.456 e. The SMILES string of the molecule is O=c1c2ccccc2oc2cc(-c3ccc(-c4cc(-c5ccccc5)nc(-c5ccccc5)n4)cc3)ccc12.O=c1c2ccccc2oc2cc(-c3ccccc3-c3cc(-c4ccccc4)nc(-c4ccccc4)n3)ccc12.[C-]#[N+]c1c(-c2ccccc2)nc(-c2ccccc2)c(C#N)c1-c1ccc(C2(c3ccccc3)c3ccccc3C(=O)c3ccccc32)cc1. The number of nitriles is 1. The first-order chi connectivity index (χ1) is 62.6. The number of benzene rings is 16. The van der Waals surface area contributed by atoms with Crippen LogP contribution in [0.2, 0.25) is 0 Å². The molecule has 596 valence electrons. The lowest BCUT2D eigenvalue weighted by molar-refractivity contribution is 0.103. The van der Waals surface area contributed by atoms with Crippen molar-refractivity contribution in [1.29, 1.82) is 5.26 Å². The number of rotatable bonds is 13. The van der Waals surface area contributed by atoms with E-state index in [1.54, 1.807) is 12.1 Å². The van der Waals surface area contributed by atoms with E-state index in [9.17, 15) is 19.6 Å². The van der Waals surface area contributed by atoms with Gasteiger partial charge in [0.25, 0.3) is 0 Å². The predicted octanol–water partition coefficient (Wildman–Crippen LogP) is 27.2. The molecule has 0 aliphatic heterocycles. The lowest BCUT2D eigenvalue weighted by Crippen LogP contribution is -2.38. The molecule has 12 heteroatoms. The first kappa shape index (κ1) is 78.0. The van der Waals surface area contributed by atoms with E-state index in [1.807, 2.05) is 322 Å². The number of aromatic nitrogens is 5. The number of pyridine rings is 1. The van der Waals surface area contributed by atoms with Gasteiger partial charge in [-0.05, 0) is 116 Å². The van der Waals surface area contributed by atoms with Gasteiger partial charge in [-0.25, -0.2) is 24.8 Å². The van der Waals surface area contributed by atoms with Gasteiger partial charge >= 0.3 is 0 Å². The molecule has 127 heavy (non-hydrogen) atoms. The fourth-order valence-electron chi connectivity index (χ4n) is 17.2. The monoisotopic (exact) mass is 1630 g/mol. The molecule has 0 saturated heterocycles. The number of fused-ring (bicyclic) bond motifs is 6. The zero-order chi connectivity index (χ0) is 85.7. The molecule has 1 aliphatic carbocycles. The van der Waals surface area contributed by atoms with Crippen LogP contribution >= 0.6 is 0 Å². The molecule has 21 aromatic rings. The van der Waals surface area contributed by atoms with Crippen LogP contribution in [-0.4, -0.2) is 30.7 Å². The van der Waals surface area contributed by atoms with Crippen LogP contribution in [0.1, 0.15) is 43.7 Å². The van der Waals surface area contributed by atoms with Gasteiger partial charge in [-0.15, -0.1) is 0 Å². The molecule has 0 saturated carbocycles. The van der Waals surface area contributed by atoms with Crippen molar-refractivity contribution in [2.24, 2.45) is 0 Å². The van der Waals surface area contributed by atoms with Crippen molar-refractivity contribution < 1.29 is 13.6 Å². The highest BCUT2D eigenvalue weighted by Gasteiger charge is 2.46. The minimum absolute atomic E-state index is 0.00778. The summed E-state index contributed by atoms with van der Waals surface area (Å²) in [6.45, 7) is 8.34. The molecule has 0 radical (unpaired) electrons. The quantitative estimate of drug-likeness (QED) is 0.0795. The Labute approximate surface area is 731 Å².